The third-order valence-electron chi connectivity index (χ3n) is 3.04. The topological polar surface area (TPSA) is 103 Å². The Morgan fingerprint density at radius 3 is 1.89 bits per heavy atom. The van der Waals surface area contributed by atoms with Gasteiger partial charge in [-0.3, -0.25) is 14.4 Å². The van der Waals surface area contributed by atoms with Gasteiger partial charge in [0.2, 0.25) is 11.8 Å². The van der Waals surface area contributed by atoms with E-state index in [-0.39, 0.29) is 56.1 Å². The first-order chi connectivity index (χ1) is 13.5. The van der Waals surface area contributed by atoms with E-state index < -0.39 is 0 Å². The number of rotatable bonds is 15. The molecule has 0 aliphatic carbocycles. The molecule has 2 N–H and O–H groups in total. The van der Waals surface area contributed by atoms with Gasteiger partial charge in [0.15, 0.2) is 5.78 Å². The van der Waals surface area contributed by atoms with Crippen LogP contribution in [-0.2, 0) is 28.6 Å². The molecular formula is C20H42N2O6. The van der Waals surface area contributed by atoms with Crippen molar-refractivity contribution in [1.29, 1.82) is 0 Å². The van der Waals surface area contributed by atoms with Gasteiger partial charge in [0, 0.05) is 39.0 Å². The number of hydrogen-bond acceptors (Lipinski definition) is 6. The molecule has 0 saturated heterocycles. The van der Waals surface area contributed by atoms with Crippen molar-refractivity contribution in [3.05, 3.63) is 0 Å². The van der Waals surface area contributed by atoms with Crippen molar-refractivity contribution in [3.8, 4) is 0 Å². The quantitative estimate of drug-likeness (QED) is 0.403. The molecule has 0 saturated carbocycles. The molecule has 0 unspecified atom stereocenters. The first-order valence-corrected chi connectivity index (χ1v) is 10.2. The second-order valence-corrected chi connectivity index (χ2v) is 5.48. The zero-order chi connectivity index (χ0) is 22.2. The van der Waals surface area contributed by atoms with E-state index >= 15 is 0 Å². The Labute approximate surface area is 171 Å². The van der Waals surface area contributed by atoms with E-state index in [0.29, 0.717) is 26.4 Å². The molecule has 8 heteroatoms. The average molecular weight is 407 g/mol. The molecule has 168 valence electrons. The second-order valence-electron chi connectivity index (χ2n) is 5.48. The van der Waals surface area contributed by atoms with Gasteiger partial charge in [-0.15, -0.1) is 0 Å². The summed E-state index contributed by atoms with van der Waals surface area (Å²) >= 11 is 0. The third-order valence-corrected chi connectivity index (χ3v) is 3.04. The SMILES string of the molecule is CC.CC.COCCOCCC(=O)NCCC(=O)NCCOCC(=O)C(C)C. The highest BCUT2D eigenvalue weighted by Crippen LogP contribution is 1.94. The van der Waals surface area contributed by atoms with E-state index in [4.69, 9.17) is 14.2 Å². The maximum Gasteiger partial charge on any atom is 0.222 e. The summed E-state index contributed by atoms with van der Waals surface area (Å²) in [5, 5.41) is 5.31. The molecule has 0 radical (unpaired) electrons. The number of amides is 2. The highest BCUT2D eigenvalue weighted by Gasteiger charge is 2.07. The van der Waals surface area contributed by atoms with Crippen molar-refractivity contribution in [2.45, 2.75) is 54.4 Å². The van der Waals surface area contributed by atoms with Crippen LogP contribution >= 0.6 is 0 Å². The molecule has 0 aliphatic rings. The molecule has 2 amide bonds. The molecule has 28 heavy (non-hydrogen) atoms. The first kappa shape index (κ1) is 31.2. The molecule has 0 aromatic rings. The summed E-state index contributed by atoms with van der Waals surface area (Å²) < 4.78 is 15.2. The summed E-state index contributed by atoms with van der Waals surface area (Å²) in [6.45, 7) is 13.9. The lowest BCUT2D eigenvalue weighted by atomic mass is 10.1. The Morgan fingerprint density at radius 2 is 1.32 bits per heavy atom. The van der Waals surface area contributed by atoms with E-state index in [9.17, 15) is 14.4 Å². The maximum atomic E-state index is 11.5. The summed E-state index contributed by atoms with van der Waals surface area (Å²) in [4.78, 5) is 34.3. The standard InChI is InChI=1S/C16H30N2O6.2C2H6/c1-13(2)14(19)12-24-9-7-18-15(20)4-6-17-16(21)5-8-23-11-10-22-3;2*1-2/h13H,4-12H2,1-3H3,(H,17,21)(H,18,20);2*1-2H3. The Kier molecular flexibility index (Phi) is 28.4. The molecule has 8 nitrogen and oxygen atoms in total. The Balaban J connectivity index is -0.00000146. The molecule has 0 atom stereocenters. The van der Waals surface area contributed by atoms with Crippen LogP contribution in [0.1, 0.15) is 54.4 Å². The molecular weight excluding hydrogens is 364 g/mol. The Bertz CT molecular complexity index is 376. The van der Waals surface area contributed by atoms with E-state index in [2.05, 4.69) is 10.6 Å². The number of carbonyl (C=O) groups is 3. The van der Waals surface area contributed by atoms with Crippen molar-refractivity contribution in [1.82, 2.24) is 10.6 Å². The fourth-order valence-electron chi connectivity index (χ4n) is 1.50. The second kappa shape index (κ2) is 25.5. The molecule has 0 rings (SSSR count). The number of ether oxygens (including phenoxy) is 3. The smallest absolute Gasteiger partial charge is 0.222 e. The van der Waals surface area contributed by atoms with E-state index in [1.54, 1.807) is 7.11 Å². The van der Waals surface area contributed by atoms with Crippen LogP contribution in [-0.4, -0.2) is 70.8 Å². The van der Waals surface area contributed by atoms with E-state index in [0.717, 1.165) is 0 Å². The third kappa shape index (κ3) is 24.5. The number of hydrogen-bond donors (Lipinski definition) is 2. The van der Waals surface area contributed by atoms with Crippen molar-refractivity contribution < 1.29 is 28.6 Å². The van der Waals surface area contributed by atoms with Gasteiger partial charge >= 0.3 is 0 Å². The number of methoxy groups -OCH3 is 1. The molecule has 0 fully saturated rings. The van der Waals surface area contributed by atoms with Gasteiger partial charge in [0.05, 0.1) is 26.4 Å². The van der Waals surface area contributed by atoms with Crippen LogP contribution in [0.5, 0.6) is 0 Å². The number of ketones is 1. The lowest BCUT2D eigenvalue weighted by molar-refractivity contribution is -0.126. The van der Waals surface area contributed by atoms with Gasteiger partial charge in [-0.25, -0.2) is 0 Å². The van der Waals surface area contributed by atoms with Gasteiger partial charge in [0.1, 0.15) is 6.61 Å². The van der Waals surface area contributed by atoms with Crippen molar-refractivity contribution in [2.24, 2.45) is 5.92 Å². The van der Waals surface area contributed by atoms with E-state index in [1.165, 1.54) is 0 Å². The van der Waals surface area contributed by atoms with Crippen LogP contribution in [0.25, 0.3) is 0 Å². The lowest BCUT2D eigenvalue weighted by Gasteiger charge is -2.08. The van der Waals surface area contributed by atoms with Gasteiger partial charge in [-0.1, -0.05) is 41.5 Å². The zero-order valence-electron chi connectivity index (χ0n) is 18.9. The molecule has 0 spiro atoms. The van der Waals surface area contributed by atoms with Crippen LogP contribution in [0, 0.1) is 5.92 Å². The highest BCUT2D eigenvalue weighted by molar-refractivity contribution is 5.81. The molecule has 0 aliphatic heterocycles. The fraction of sp³-hybridized carbons (Fsp3) is 0.850. The molecule has 0 aromatic heterocycles. The number of nitrogens with one attached hydrogen (secondary N) is 2. The first-order valence-electron chi connectivity index (χ1n) is 10.2. The largest absolute Gasteiger partial charge is 0.382 e. The Hall–Kier alpha value is -1.51. The minimum atomic E-state index is -0.176. The predicted octanol–water partition coefficient (Wildman–Crippen LogP) is 1.96. The maximum absolute atomic E-state index is 11.5. The molecule has 0 bridgehead atoms. The van der Waals surface area contributed by atoms with Crippen LogP contribution < -0.4 is 10.6 Å². The zero-order valence-corrected chi connectivity index (χ0v) is 18.9. The summed E-state index contributed by atoms with van der Waals surface area (Å²) in [7, 11) is 1.58. The van der Waals surface area contributed by atoms with Crippen LogP contribution in [0.3, 0.4) is 0 Å². The summed E-state index contributed by atoms with van der Waals surface area (Å²) in [6.07, 6.45) is 0.449. The normalized spacial score (nSPS) is 9.57. The minimum absolute atomic E-state index is 0.0373. The average Bonchev–Trinajstić information content (AvgIpc) is 2.70. The van der Waals surface area contributed by atoms with E-state index in [1.807, 2.05) is 41.5 Å². The number of Topliss-reactive ketones (excluding diaryl/α,β-unsaturated/α-hetero) is 1. The van der Waals surface area contributed by atoms with Crippen LogP contribution in [0.4, 0.5) is 0 Å². The number of carbonyl (C=O) groups excluding carboxylic acids is 3. The monoisotopic (exact) mass is 406 g/mol. The molecule has 0 heterocycles. The molecule has 0 aromatic carbocycles. The van der Waals surface area contributed by atoms with Gasteiger partial charge < -0.3 is 24.8 Å². The highest BCUT2D eigenvalue weighted by atomic mass is 16.5. The summed E-state index contributed by atoms with van der Waals surface area (Å²) in [5.74, 6) is -0.343. The van der Waals surface area contributed by atoms with Crippen molar-refractivity contribution in [3.63, 3.8) is 0 Å². The fourth-order valence-corrected chi connectivity index (χ4v) is 1.50. The van der Waals surface area contributed by atoms with Crippen molar-refractivity contribution in [2.75, 3.05) is 53.2 Å². The predicted molar refractivity (Wildman–Crippen MR) is 111 cm³/mol. The summed E-state index contributed by atoms with van der Waals surface area (Å²) in [6, 6.07) is 0. The van der Waals surface area contributed by atoms with Crippen LogP contribution in [0.2, 0.25) is 0 Å². The summed E-state index contributed by atoms with van der Waals surface area (Å²) in [5.41, 5.74) is 0. The van der Waals surface area contributed by atoms with Gasteiger partial charge in [-0.2, -0.15) is 0 Å². The van der Waals surface area contributed by atoms with Gasteiger partial charge in [-0.05, 0) is 0 Å². The van der Waals surface area contributed by atoms with Crippen LogP contribution in [0.15, 0.2) is 0 Å². The minimum Gasteiger partial charge on any atom is -0.382 e. The van der Waals surface area contributed by atoms with Gasteiger partial charge in [0.25, 0.3) is 0 Å². The van der Waals surface area contributed by atoms with Crippen molar-refractivity contribution >= 4 is 17.6 Å². The Morgan fingerprint density at radius 1 is 0.750 bits per heavy atom. The lowest BCUT2D eigenvalue weighted by Crippen LogP contribution is -2.33.